The van der Waals surface area contributed by atoms with E-state index in [1.807, 2.05) is 56.3 Å². The van der Waals surface area contributed by atoms with E-state index in [1.54, 1.807) is 13.0 Å². The number of rotatable bonds is 5. The first-order chi connectivity index (χ1) is 12.8. The summed E-state index contributed by atoms with van der Waals surface area (Å²) in [4.78, 5) is 14.8. The van der Waals surface area contributed by atoms with E-state index in [0.717, 1.165) is 22.5 Å². The second kappa shape index (κ2) is 8.99. The van der Waals surface area contributed by atoms with E-state index in [-0.39, 0.29) is 24.1 Å². The molecule has 0 aliphatic heterocycles. The molecule has 0 aliphatic rings. The van der Waals surface area contributed by atoms with Gasteiger partial charge in [-0.25, -0.2) is 4.79 Å². The molecule has 0 atom stereocenters. The van der Waals surface area contributed by atoms with Crippen molar-refractivity contribution in [3.05, 3.63) is 57.7 Å². The van der Waals surface area contributed by atoms with Crippen LogP contribution in [0.4, 0.5) is 0 Å². The number of phenols is 1. The van der Waals surface area contributed by atoms with Gasteiger partial charge in [-0.15, -0.1) is 12.4 Å². The van der Waals surface area contributed by atoms with Crippen LogP contribution in [-0.2, 0) is 11.3 Å². The van der Waals surface area contributed by atoms with Crippen molar-refractivity contribution in [3.8, 4) is 11.4 Å². The van der Waals surface area contributed by atoms with Crippen molar-refractivity contribution in [1.82, 2.24) is 9.47 Å². The molecule has 0 aliphatic carbocycles. The van der Waals surface area contributed by atoms with Gasteiger partial charge < -0.3 is 19.3 Å². The van der Waals surface area contributed by atoms with E-state index in [2.05, 4.69) is 20.5 Å². The van der Waals surface area contributed by atoms with Crippen LogP contribution in [0.5, 0.6) is 5.75 Å². The van der Waals surface area contributed by atoms with Gasteiger partial charge in [0.25, 0.3) is 0 Å². The molecule has 28 heavy (non-hydrogen) atoms. The second-order valence-electron chi connectivity index (χ2n) is 6.77. The Bertz CT molecular complexity index is 997. The molecule has 1 heterocycles. The van der Waals surface area contributed by atoms with Crippen molar-refractivity contribution in [2.45, 2.75) is 20.4 Å². The van der Waals surface area contributed by atoms with Crippen molar-refractivity contribution < 1.29 is 14.6 Å². The van der Waals surface area contributed by atoms with Gasteiger partial charge in [0.2, 0.25) is 0 Å². The quantitative estimate of drug-likeness (QED) is 0.533. The summed E-state index contributed by atoms with van der Waals surface area (Å²) in [6.45, 7) is 4.67. The fourth-order valence-electron chi connectivity index (χ4n) is 3.22. The van der Waals surface area contributed by atoms with Crippen molar-refractivity contribution >= 4 is 45.2 Å². The molecule has 150 valence electrons. The Kier molecular flexibility index (Phi) is 7.15. The van der Waals surface area contributed by atoms with E-state index in [9.17, 15) is 9.90 Å². The monoisotopic (exact) mass is 466 g/mol. The number of aromatic hydroxyl groups is 1. The van der Waals surface area contributed by atoms with Crippen LogP contribution in [0.1, 0.15) is 28.5 Å². The highest BCUT2D eigenvalue weighted by molar-refractivity contribution is 9.10. The number of hydrogen-bond donors (Lipinski definition) is 1. The third-order valence-electron chi connectivity index (χ3n) is 4.37. The van der Waals surface area contributed by atoms with Crippen LogP contribution in [0.3, 0.4) is 0 Å². The zero-order valence-electron chi connectivity index (χ0n) is 16.3. The van der Waals surface area contributed by atoms with Gasteiger partial charge in [0, 0.05) is 17.6 Å². The van der Waals surface area contributed by atoms with E-state index >= 15 is 0 Å². The number of halogens is 2. The van der Waals surface area contributed by atoms with Gasteiger partial charge in [-0.1, -0.05) is 17.7 Å². The Morgan fingerprint density at radius 3 is 2.43 bits per heavy atom. The molecule has 0 unspecified atom stereocenters. The Morgan fingerprint density at radius 1 is 1.21 bits per heavy atom. The van der Waals surface area contributed by atoms with Gasteiger partial charge in [-0.3, -0.25) is 0 Å². The molecule has 0 amide bonds. The molecule has 0 bridgehead atoms. The lowest BCUT2D eigenvalue weighted by Crippen LogP contribution is -2.17. The Labute approximate surface area is 179 Å². The molecule has 1 aromatic heterocycles. The molecule has 0 fully saturated rings. The maximum absolute atomic E-state index is 12.8. The van der Waals surface area contributed by atoms with Crippen LogP contribution in [0.2, 0.25) is 0 Å². The average Bonchev–Trinajstić information content (AvgIpc) is 2.88. The topological polar surface area (TPSA) is 54.7 Å². The smallest absolute Gasteiger partial charge is 0.340 e. The molecule has 7 heteroatoms. The number of aromatic nitrogens is 1. The second-order valence-corrected chi connectivity index (χ2v) is 7.63. The summed E-state index contributed by atoms with van der Waals surface area (Å²) in [6.07, 6.45) is 0. The first-order valence-electron chi connectivity index (χ1n) is 8.78. The number of aryl methyl sites for hydroxylation is 1. The summed E-state index contributed by atoms with van der Waals surface area (Å²) in [5.74, 6) is -0.294. The largest absolute Gasteiger partial charge is 0.507 e. The molecule has 2 aromatic carbocycles. The zero-order valence-corrected chi connectivity index (χ0v) is 18.7. The number of phenolic OH excluding ortho intramolecular Hbond substituents is 1. The van der Waals surface area contributed by atoms with Gasteiger partial charge in [-0.2, -0.15) is 0 Å². The Balaban J connectivity index is 0.00000280. The summed E-state index contributed by atoms with van der Waals surface area (Å²) in [5.41, 5.74) is 4.27. The van der Waals surface area contributed by atoms with Crippen molar-refractivity contribution in [2.75, 3.05) is 20.7 Å². The first-order valence-corrected chi connectivity index (χ1v) is 9.57. The SMILES string of the molecule is CCOC(=O)c1c(CN(C)C)n(-c2ccc(C)cc2)c2cc(Br)c(O)cc12.Cl. The number of carbonyl (C=O) groups excluding carboxylic acids is 1. The van der Waals surface area contributed by atoms with Crippen LogP contribution in [0.25, 0.3) is 16.6 Å². The number of hydrogen-bond acceptors (Lipinski definition) is 4. The lowest BCUT2D eigenvalue weighted by atomic mass is 10.1. The summed E-state index contributed by atoms with van der Waals surface area (Å²) in [5, 5.41) is 10.9. The number of nitrogens with zero attached hydrogens (tertiary/aromatic N) is 2. The minimum atomic E-state index is -0.382. The van der Waals surface area contributed by atoms with Crippen molar-refractivity contribution in [1.29, 1.82) is 0 Å². The van der Waals surface area contributed by atoms with Gasteiger partial charge in [0.05, 0.1) is 27.9 Å². The summed E-state index contributed by atoms with van der Waals surface area (Å²) < 4.78 is 7.97. The van der Waals surface area contributed by atoms with Crippen LogP contribution in [0.15, 0.2) is 40.9 Å². The maximum atomic E-state index is 12.8. The summed E-state index contributed by atoms with van der Waals surface area (Å²) >= 11 is 3.40. The predicted molar refractivity (Wildman–Crippen MR) is 118 cm³/mol. The highest BCUT2D eigenvalue weighted by Gasteiger charge is 2.25. The van der Waals surface area contributed by atoms with Crippen LogP contribution in [0, 0.1) is 6.92 Å². The zero-order chi connectivity index (χ0) is 19.7. The summed E-state index contributed by atoms with van der Waals surface area (Å²) in [6, 6.07) is 11.6. The molecular weight excluding hydrogens is 444 g/mol. The lowest BCUT2D eigenvalue weighted by molar-refractivity contribution is 0.0526. The molecular formula is C21H24BrClN2O3. The van der Waals surface area contributed by atoms with Gasteiger partial charge in [-0.05, 0) is 68.1 Å². The van der Waals surface area contributed by atoms with Crippen molar-refractivity contribution in [2.24, 2.45) is 0 Å². The minimum absolute atomic E-state index is 0. The van der Waals surface area contributed by atoms with Crippen LogP contribution < -0.4 is 0 Å². The molecule has 0 radical (unpaired) electrons. The summed E-state index contributed by atoms with van der Waals surface area (Å²) in [7, 11) is 3.92. The number of benzene rings is 2. The van der Waals surface area contributed by atoms with Gasteiger partial charge in [0.1, 0.15) is 5.75 Å². The van der Waals surface area contributed by atoms with E-state index < -0.39 is 0 Å². The highest BCUT2D eigenvalue weighted by atomic mass is 79.9. The Morgan fingerprint density at radius 2 is 1.86 bits per heavy atom. The first kappa shape index (κ1) is 22.3. The number of ether oxygens (including phenoxy) is 1. The molecule has 0 saturated heterocycles. The normalized spacial score (nSPS) is 10.9. The third-order valence-corrected chi connectivity index (χ3v) is 5.01. The maximum Gasteiger partial charge on any atom is 0.340 e. The molecule has 0 spiro atoms. The predicted octanol–water partition coefficient (Wildman–Crippen LogP) is 5.07. The average molecular weight is 468 g/mol. The molecule has 5 nitrogen and oxygen atoms in total. The number of fused-ring (bicyclic) bond motifs is 1. The standard InChI is InChI=1S/C21H23BrN2O3.ClH/c1-5-27-21(26)20-15-10-19(25)16(22)11-17(15)24(18(20)12-23(3)4)14-8-6-13(2)7-9-14;/h6-11,25H,5,12H2,1-4H3;1H. The molecule has 0 saturated carbocycles. The van der Waals surface area contributed by atoms with Crippen molar-refractivity contribution in [3.63, 3.8) is 0 Å². The minimum Gasteiger partial charge on any atom is -0.507 e. The van der Waals surface area contributed by atoms with Gasteiger partial charge >= 0.3 is 5.97 Å². The highest BCUT2D eigenvalue weighted by Crippen LogP contribution is 2.37. The van der Waals surface area contributed by atoms with Crippen LogP contribution >= 0.6 is 28.3 Å². The van der Waals surface area contributed by atoms with E-state index in [1.165, 1.54) is 0 Å². The molecule has 1 N–H and O–H groups in total. The van der Waals surface area contributed by atoms with Gasteiger partial charge in [0.15, 0.2) is 0 Å². The van der Waals surface area contributed by atoms with E-state index in [0.29, 0.717) is 28.6 Å². The third kappa shape index (κ3) is 4.19. The van der Waals surface area contributed by atoms with E-state index in [4.69, 9.17) is 4.74 Å². The number of carbonyl (C=O) groups is 1. The lowest BCUT2D eigenvalue weighted by Gasteiger charge is -2.16. The fraction of sp³-hybridized carbons (Fsp3) is 0.286. The molecule has 3 rings (SSSR count). The van der Waals surface area contributed by atoms with Crippen LogP contribution in [-0.4, -0.2) is 41.2 Å². The number of esters is 1. The fourth-order valence-corrected chi connectivity index (χ4v) is 3.55. The molecule has 3 aromatic rings. The Hall–Kier alpha value is -2.02.